The summed E-state index contributed by atoms with van der Waals surface area (Å²) >= 11 is 1.38. The lowest BCUT2D eigenvalue weighted by Crippen LogP contribution is -2.22. The molecule has 0 spiro atoms. The number of nitrogens with one attached hydrogen (secondary N) is 1. The standard InChI is InChI=1S/C20H21N3O4S2/c1-13-18(14-5-9-16(27-4)10-6-14)21-20(28-13)22-19(24)15-7-11-17(12-8-15)29(25,26)23(2)3/h5-12H,1-4H3,(H,21,22,24). The first-order chi connectivity index (χ1) is 13.7. The molecule has 0 bridgehead atoms. The number of nitrogens with zero attached hydrogens (tertiary/aromatic N) is 2. The van der Waals surface area contributed by atoms with Crippen LogP contribution in [0.5, 0.6) is 5.75 Å². The number of carbonyl (C=O) groups is 1. The fraction of sp³-hybridized carbons (Fsp3) is 0.200. The van der Waals surface area contributed by atoms with Crippen molar-refractivity contribution in [3.8, 4) is 17.0 Å². The Bertz CT molecular complexity index is 1120. The molecule has 0 aliphatic carbocycles. The maximum Gasteiger partial charge on any atom is 0.257 e. The third kappa shape index (κ3) is 4.47. The Kier molecular flexibility index (Phi) is 6.02. The van der Waals surface area contributed by atoms with Crippen molar-refractivity contribution in [1.29, 1.82) is 0 Å². The largest absolute Gasteiger partial charge is 0.497 e. The maximum atomic E-state index is 12.5. The Hall–Kier alpha value is -2.75. The van der Waals surface area contributed by atoms with E-state index in [1.165, 1.54) is 49.7 Å². The number of thiazole rings is 1. The van der Waals surface area contributed by atoms with E-state index in [2.05, 4.69) is 10.3 Å². The molecule has 1 aromatic heterocycles. The molecule has 2 aromatic carbocycles. The topological polar surface area (TPSA) is 88.6 Å². The molecule has 0 fully saturated rings. The van der Waals surface area contributed by atoms with Crippen LogP contribution in [0.2, 0.25) is 0 Å². The molecule has 0 saturated carbocycles. The summed E-state index contributed by atoms with van der Waals surface area (Å²) in [5, 5.41) is 3.25. The zero-order valence-corrected chi connectivity index (χ0v) is 18.1. The van der Waals surface area contributed by atoms with E-state index in [-0.39, 0.29) is 10.8 Å². The summed E-state index contributed by atoms with van der Waals surface area (Å²) in [7, 11) is 0.995. The average molecular weight is 432 g/mol. The van der Waals surface area contributed by atoms with Gasteiger partial charge in [-0.25, -0.2) is 17.7 Å². The maximum absolute atomic E-state index is 12.5. The van der Waals surface area contributed by atoms with Crippen LogP contribution in [-0.2, 0) is 10.0 Å². The normalized spacial score (nSPS) is 11.5. The molecular formula is C20H21N3O4S2. The van der Waals surface area contributed by atoms with Gasteiger partial charge in [0.2, 0.25) is 10.0 Å². The highest BCUT2D eigenvalue weighted by atomic mass is 32.2. The molecule has 0 saturated heterocycles. The van der Waals surface area contributed by atoms with Gasteiger partial charge in [0.1, 0.15) is 5.75 Å². The first kappa shape index (κ1) is 21.0. The van der Waals surface area contributed by atoms with E-state index in [9.17, 15) is 13.2 Å². The van der Waals surface area contributed by atoms with Crippen molar-refractivity contribution in [2.75, 3.05) is 26.5 Å². The van der Waals surface area contributed by atoms with Crippen LogP contribution in [0.3, 0.4) is 0 Å². The number of hydrogen-bond donors (Lipinski definition) is 1. The Morgan fingerprint density at radius 2 is 1.69 bits per heavy atom. The highest BCUT2D eigenvalue weighted by molar-refractivity contribution is 7.89. The molecule has 7 nitrogen and oxygen atoms in total. The van der Waals surface area contributed by atoms with Crippen LogP contribution >= 0.6 is 11.3 Å². The Labute approximate surface area is 174 Å². The number of rotatable bonds is 6. The van der Waals surface area contributed by atoms with Crippen molar-refractivity contribution >= 4 is 32.4 Å². The second kappa shape index (κ2) is 8.32. The molecule has 0 aliphatic rings. The second-order valence-electron chi connectivity index (χ2n) is 6.42. The van der Waals surface area contributed by atoms with Crippen LogP contribution in [0.1, 0.15) is 15.2 Å². The van der Waals surface area contributed by atoms with Gasteiger partial charge in [-0.3, -0.25) is 10.1 Å². The van der Waals surface area contributed by atoms with Crippen molar-refractivity contribution in [2.24, 2.45) is 0 Å². The molecule has 1 N–H and O–H groups in total. The lowest BCUT2D eigenvalue weighted by Gasteiger charge is -2.11. The molecule has 0 unspecified atom stereocenters. The molecule has 3 aromatic rings. The molecule has 1 amide bonds. The van der Waals surface area contributed by atoms with Gasteiger partial charge in [-0.2, -0.15) is 0 Å². The van der Waals surface area contributed by atoms with E-state index >= 15 is 0 Å². The predicted octanol–water partition coefficient (Wildman–Crippen LogP) is 3.63. The van der Waals surface area contributed by atoms with Crippen LogP contribution < -0.4 is 10.1 Å². The lowest BCUT2D eigenvalue weighted by atomic mass is 10.1. The third-order valence-electron chi connectivity index (χ3n) is 4.28. The van der Waals surface area contributed by atoms with Crippen LogP contribution in [0, 0.1) is 6.92 Å². The van der Waals surface area contributed by atoms with Gasteiger partial charge < -0.3 is 4.74 Å². The number of methoxy groups -OCH3 is 1. The van der Waals surface area contributed by atoms with Crippen molar-refractivity contribution in [1.82, 2.24) is 9.29 Å². The van der Waals surface area contributed by atoms with E-state index in [4.69, 9.17) is 4.74 Å². The SMILES string of the molecule is COc1ccc(-c2nc(NC(=O)c3ccc(S(=O)(=O)N(C)C)cc3)sc2C)cc1. The van der Waals surface area contributed by atoms with E-state index in [1.54, 1.807) is 7.11 Å². The number of amides is 1. The average Bonchev–Trinajstić information content (AvgIpc) is 3.08. The number of carbonyl (C=O) groups excluding carboxylic acids is 1. The van der Waals surface area contributed by atoms with Gasteiger partial charge in [0.25, 0.3) is 5.91 Å². The molecule has 3 rings (SSSR count). The number of benzene rings is 2. The fourth-order valence-corrected chi connectivity index (χ4v) is 4.36. The Balaban J connectivity index is 1.77. The van der Waals surface area contributed by atoms with Gasteiger partial charge in [0.15, 0.2) is 5.13 Å². The minimum atomic E-state index is -3.53. The van der Waals surface area contributed by atoms with Crippen LogP contribution in [0.15, 0.2) is 53.4 Å². The molecule has 0 atom stereocenters. The molecule has 9 heteroatoms. The van der Waals surface area contributed by atoms with Gasteiger partial charge in [-0.1, -0.05) is 0 Å². The number of anilines is 1. The summed E-state index contributed by atoms with van der Waals surface area (Å²) in [4.78, 5) is 18.2. The first-order valence-electron chi connectivity index (χ1n) is 8.68. The van der Waals surface area contributed by atoms with E-state index < -0.39 is 10.0 Å². The van der Waals surface area contributed by atoms with E-state index in [0.717, 1.165) is 26.2 Å². The highest BCUT2D eigenvalue weighted by Crippen LogP contribution is 2.31. The number of aromatic nitrogens is 1. The summed E-state index contributed by atoms with van der Waals surface area (Å²) in [6.45, 7) is 1.94. The molecule has 29 heavy (non-hydrogen) atoms. The minimum absolute atomic E-state index is 0.130. The van der Waals surface area contributed by atoms with Crippen molar-refractivity contribution < 1.29 is 17.9 Å². The first-order valence-corrected chi connectivity index (χ1v) is 10.9. The van der Waals surface area contributed by atoms with E-state index in [1.807, 2.05) is 31.2 Å². The summed E-state index contributed by atoms with van der Waals surface area (Å²) in [6.07, 6.45) is 0. The van der Waals surface area contributed by atoms with E-state index in [0.29, 0.717) is 10.7 Å². The zero-order chi connectivity index (χ0) is 21.2. The molecule has 0 aliphatic heterocycles. The van der Waals surface area contributed by atoms with Crippen LogP contribution in [0.25, 0.3) is 11.3 Å². The van der Waals surface area contributed by atoms with Crippen molar-refractivity contribution in [3.05, 3.63) is 59.0 Å². The summed E-state index contributed by atoms with van der Waals surface area (Å²) in [5.41, 5.74) is 2.07. The molecule has 0 radical (unpaired) electrons. The smallest absolute Gasteiger partial charge is 0.257 e. The minimum Gasteiger partial charge on any atom is -0.497 e. The summed E-state index contributed by atoms with van der Waals surface area (Å²) < 4.78 is 30.6. The summed E-state index contributed by atoms with van der Waals surface area (Å²) in [5.74, 6) is 0.406. The van der Waals surface area contributed by atoms with Gasteiger partial charge in [0, 0.05) is 30.1 Å². The van der Waals surface area contributed by atoms with Gasteiger partial charge >= 0.3 is 0 Å². The highest BCUT2D eigenvalue weighted by Gasteiger charge is 2.18. The zero-order valence-electron chi connectivity index (χ0n) is 16.5. The number of hydrogen-bond acceptors (Lipinski definition) is 6. The number of sulfonamides is 1. The molecule has 1 heterocycles. The van der Waals surface area contributed by atoms with Crippen LogP contribution in [0.4, 0.5) is 5.13 Å². The van der Waals surface area contributed by atoms with Gasteiger partial charge in [0.05, 0.1) is 17.7 Å². The fourth-order valence-electron chi connectivity index (χ4n) is 2.62. The number of ether oxygens (including phenoxy) is 1. The van der Waals surface area contributed by atoms with Crippen molar-refractivity contribution in [2.45, 2.75) is 11.8 Å². The molecule has 152 valence electrons. The van der Waals surface area contributed by atoms with Crippen molar-refractivity contribution in [3.63, 3.8) is 0 Å². The lowest BCUT2D eigenvalue weighted by molar-refractivity contribution is 0.102. The third-order valence-corrected chi connectivity index (χ3v) is 6.99. The summed E-state index contributed by atoms with van der Waals surface area (Å²) in [6, 6.07) is 13.3. The Morgan fingerprint density at radius 3 is 2.24 bits per heavy atom. The van der Waals surface area contributed by atoms with Gasteiger partial charge in [-0.15, -0.1) is 11.3 Å². The predicted molar refractivity (Wildman–Crippen MR) is 114 cm³/mol. The van der Waals surface area contributed by atoms with Crippen LogP contribution in [-0.4, -0.2) is 44.8 Å². The second-order valence-corrected chi connectivity index (χ2v) is 9.77. The number of aryl methyl sites for hydroxylation is 1. The van der Waals surface area contributed by atoms with Gasteiger partial charge in [-0.05, 0) is 55.5 Å². The monoisotopic (exact) mass is 431 g/mol. The Morgan fingerprint density at radius 1 is 1.07 bits per heavy atom. The molecular weight excluding hydrogens is 410 g/mol. The quantitative estimate of drug-likeness (QED) is 0.644.